The summed E-state index contributed by atoms with van der Waals surface area (Å²) in [6.07, 6.45) is 0. The monoisotopic (exact) mass is 312 g/mol. The van der Waals surface area contributed by atoms with E-state index >= 15 is 0 Å². The van der Waals surface area contributed by atoms with E-state index < -0.39 is 18.4 Å². The maximum Gasteiger partial charge on any atom is 0.323 e. The Labute approximate surface area is 127 Å². The number of nitrogens with zero attached hydrogens (tertiary/aromatic N) is 1. The van der Waals surface area contributed by atoms with Gasteiger partial charge in [-0.25, -0.2) is 0 Å². The predicted octanol–water partition coefficient (Wildman–Crippen LogP) is 1.14. The fourth-order valence-corrected chi connectivity index (χ4v) is 2.18. The molecule has 0 aliphatic carbocycles. The minimum absolute atomic E-state index is 0.169. The van der Waals surface area contributed by atoms with Gasteiger partial charge in [0.15, 0.2) is 0 Å². The average Bonchev–Trinajstić information content (AvgIpc) is 2.40. The van der Waals surface area contributed by atoms with Crippen molar-refractivity contribution >= 4 is 29.2 Å². The minimum atomic E-state index is -1.10. The van der Waals surface area contributed by atoms with Crippen LogP contribution in [-0.4, -0.2) is 48.8 Å². The third-order valence-corrected chi connectivity index (χ3v) is 3.49. The molecule has 0 aromatic heterocycles. The van der Waals surface area contributed by atoms with Crippen molar-refractivity contribution in [2.45, 2.75) is 12.5 Å². The number of halogens is 1. The van der Waals surface area contributed by atoms with Crippen LogP contribution in [0, 0.1) is 0 Å². The lowest BCUT2D eigenvalue weighted by atomic mass is 10.0. The molecule has 0 atom stereocenters. The zero-order valence-corrected chi connectivity index (χ0v) is 12.4. The minimum Gasteiger partial charge on any atom is -0.480 e. The molecule has 1 aliphatic heterocycles. The van der Waals surface area contributed by atoms with Gasteiger partial charge < -0.3 is 15.2 Å². The molecule has 0 saturated carbocycles. The van der Waals surface area contributed by atoms with E-state index in [4.69, 9.17) is 21.4 Å². The van der Waals surface area contributed by atoms with Crippen molar-refractivity contribution in [3.63, 3.8) is 0 Å². The number of benzene rings is 1. The van der Waals surface area contributed by atoms with Crippen LogP contribution in [0.25, 0.3) is 0 Å². The topological polar surface area (TPSA) is 78.9 Å². The van der Waals surface area contributed by atoms with Crippen LogP contribution in [-0.2, 0) is 14.3 Å². The van der Waals surface area contributed by atoms with E-state index in [0.717, 1.165) is 4.90 Å². The summed E-state index contributed by atoms with van der Waals surface area (Å²) < 4.78 is 5.56. The Morgan fingerprint density at radius 1 is 1.48 bits per heavy atom. The zero-order valence-electron chi connectivity index (χ0n) is 11.6. The summed E-state index contributed by atoms with van der Waals surface area (Å²) in [5, 5.41) is 12.5. The first kappa shape index (κ1) is 15.8. The number of amides is 1. The van der Waals surface area contributed by atoms with E-state index in [1.807, 2.05) is 6.92 Å². The SMILES string of the molecule is CC1(OCC(=O)N(CC(=O)O)c2cccc(Cl)c2)CNC1. The summed E-state index contributed by atoms with van der Waals surface area (Å²) in [7, 11) is 0. The molecule has 1 aromatic carbocycles. The highest BCUT2D eigenvalue weighted by Gasteiger charge is 2.34. The molecule has 0 unspecified atom stereocenters. The van der Waals surface area contributed by atoms with E-state index in [1.54, 1.807) is 24.3 Å². The van der Waals surface area contributed by atoms with Crippen LogP contribution >= 0.6 is 11.6 Å². The molecular formula is C14H17ClN2O4. The molecule has 0 spiro atoms. The first-order valence-electron chi connectivity index (χ1n) is 6.52. The summed E-state index contributed by atoms with van der Waals surface area (Å²) in [5.74, 6) is -1.51. The van der Waals surface area contributed by atoms with Gasteiger partial charge in [0.05, 0.1) is 5.60 Å². The number of aliphatic carboxylic acids is 1. The summed E-state index contributed by atoms with van der Waals surface area (Å²) >= 11 is 5.89. The van der Waals surface area contributed by atoms with E-state index in [1.165, 1.54) is 0 Å². The Bertz CT molecular complexity index is 546. The molecular weight excluding hydrogens is 296 g/mol. The molecule has 1 aliphatic rings. The summed E-state index contributed by atoms with van der Waals surface area (Å²) in [5.41, 5.74) is 0.0780. The number of anilines is 1. The summed E-state index contributed by atoms with van der Waals surface area (Å²) in [6, 6.07) is 6.51. The molecule has 2 N–H and O–H groups in total. The number of carboxylic acids is 1. The van der Waals surface area contributed by atoms with Crippen molar-refractivity contribution < 1.29 is 19.4 Å². The number of hydrogen-bond donors (Lipinski definition) is 2. The summed E-state index contributed by atoms with van der Waals surface area (Å²) in [6.45, 7) is 2.65. The molecule has 0 bridgehead atoms. The second kappa shape index (κ2) is 6.43. The lowest BCUT2D eigenvalue weighted by Gasteiger charge is -2.39. The van der Waals surface area contributed by atoms with E-state index in [9.17, 15) is 9.59 Å². The second-order valence-electron chi connectivity index (χ2n) is 5.20. The van der Waals surface area contributed by atoms with E-state index in [0.29, 0.717) is 23.8 Å². The van der Waals surface area contributed by atoms with Crippen LogP contribution in [0.3, 0.4) is 0 Å². The third kappa shape index (κ3) is 4.17. The Morgan fingerprint density at radius 3 is 2.71 bits per heavy atom. The molecule has 114 valence electrons. The smallest absolute Gasteiger partial charge is 0.323 e. The molecule has 21 heavy (non-hydrogen) atoms. The van der Waals surface area contributed by atoms with Gasteiger partial charge in [0, 0.05) is 23.8 Å². The lowest BCUT2D eigenvalue weighted by molar-refractivity contribution is -0.139. The van der Waals surface area contributed by atoms with Crippen molar-refractivity contribution in [2.75, 3.05) is 31.1 Å². The number of ether oxygens (including phenoxy) is 1. The molecule has 1 heterocycles. The van der Waals surface area contributed by atoms with Gasteiger partial charge in [-0.05, 0) is 25.1 Å². The predicted molar refractivity (Wildman–Crippen MR) is 78.7 cm³/mol. The maximum absolute atomic E-state index is 12.3. The van der Waals surface area contributed by atoms with Crippen LogP contribution < -0.4 is 10.2 Å². The van der Waals surface area contributed by atoms with Crippen molar-refractivity contribution in [1.82, 2.24) is 5.32 Å². The van der Waals surface area contributed by atoms with Gasteiger partial charge >= 0.3 is 5.97 Å². The van der Waals surface area contributed by atoms with Crippen LogP contribution in [0.4, 0.5) is 5.69 Å². The zero-order chi connectivity index (χ0) is 15.5. The third-order valence-electron chi connectivity index (χ3n) is 3.26. The maximum atomic E-state index is 12.3. The molecule has 1 fully saturated rings. The highest BCUT2D eigenvalue weighted by atomic mass is 35.5. The number of carboxylic acid groups (broad SMARTS) is 1. The Kier molecular flexibility index (Phi) is 4.82. The van der Waals surface area contributed by atoms with Crippen LogP contribution in [0.15, 0.2) is 24.3 Å². The van der Waals surface area contributed by atoms with Gasteiger partial charge in [0.1, 0.15) is 13.2 Å². The van der Waals surface area contributed by atoms with E-state index in [2.05, 4.69) is 5.32 Å². The van der Waals surface area contributed by atoms with Gasteiger partial charge in [-0.2, -0.15) is 0 Å². The quantitative estimate of drug-likeness (QED) is 0.823. The number of hydrogen-bond acceptors (Lipinski definition) is 4. The highest BCUT2D eigenvalue weighted by Crippen LogP contribution is 2.21. The molecule has 1 saturated heterocycles. The van der Waals surface area contributed by atoms with Crippen LogP contribution in [0.1, 0.15) is 6.92 Å². The molecule has 2 rings (SSSR count). The first-order valence-corrected chi connectivity index (χ1v) is 6.90. The standard InChI is InChI=1S/C14H17ClN2O4/c1-14(8-16-9-14)21-7-12(18)17(6-13(19)20)11-4-2-3-10(15)5-11/h2-5,16H,6-9H2,1H3,(H,19,20). The highest BCUT2D eigenvalue weighted by molar-refractivity contribution is 6.30. The number of nitrogens with one attached hydrogen (secondary N) is 1. The van der Waals surface area contributed by atoms with Crippen molar-refractivity contribution in [2.24, 2.45) is 0 Å². The Balaban J connectivity index is 2.07. The number of carbonyl (C=O) groups excluding carboxylic acids is 1. The molecule has 0 radical (unpaired) electrons. The second-order valence-corrected chi connectivity index (χ2v) is 5.63. The Hall–Kier alpha value is -1.63. The van der Waals surface area contributed by atoms with Gasteiger partial charge in [0.25, 0.3) is 5.91 Å². The largest absolute Gasteiger partial charge is 0.480 e. The number of rotatable bonds is 6. The van der Waals surface area contributed by atoms with Gasteiger partial charge in [-0.15, -0.1) is 0 Å². The molecule has 1 amide bonds. The Morgan fingerprint density at radius 2 is 2.19 bits per heavy atom. The van der Waals surface area contributed by atoms with Crippen LogP contribution in [0.5, 0.6) is 0 Å². The van der Waals surface area contributed by atoms with Gasteiger partial charge in [-0.3, -0.25) is 14.5 Å². The fourth-order valence-electron chi connectivity index (χ4n) is 2.00. The van der Waals surface area contributed by atoms with Gasteiger partial charge in [-0.1, -0.05) is 17.7 Å². The van der Waals surface area contributed by atoms with E-state index in [-0.39, 0.29) is 12.2 Å². The lowest BCUT2D eigenvalue weighted by Crippen LogP contribution is -2.59. The van der Waals surface area contributed by atoms with Crippen molar-refractivity contribution in [3.8, 4) is 0 Å². The number of carbonyl (C=O) groups is 2. The fraction of sp³-hybridized carbons (Fsp3) is 0.429. The van der Waals surface area contributed by atoms with Crippen LogP contribution in [0.2, 0.25) is 5.02 Å². The molecule has 1 aromatic rings. The van der Waals surface area contributed by atoms with Crippen molar-refractivity contribution in [3.05, 3.63) is 29.3 Å². The normalized spacial score (nSPS) is 16.1. The van der Waals surface area contributed by atoms with Gasteiger partial charge in [0.2, 0.25) is 0 Å². The van der Waals surface area contributed by atoms with Crippen molar-refractivity contribution in [1.29, 1.82) is 0 Å². The average molecular weight is 313 g/mol. The molecule has 7 heteroatoms. The first-order chi connectivity index (χ1) is 9.89. The molecule has 6 nitrogen and oxygen atoms in total. The summed E-state index contributed by atoms with van der Waals surface area (Å²) in [4.78, 5) is 24.4.